The highest BCUT2D eigenvalue weighted by Gasteiger charge is 2.21. The second-order valence-electron chi connectivity index (χ2n) is 7.89. The smallest absolute Gasteiger partial charge is 0.0702 e. The molecule has 0 atom stereocenters. The molecule has 0 radical (unpaired) electrons. The number of nitrogens with zero attached hydrogens (tertiary/aromatic N) is 2. The first-order valence-electron chi connectivity index (χ1n) is 9.86. The van der Waals surface area contributed by atoms with E-state index in [1.54, 1.807) is 0 Å². The van der Waals surface area contributed by atoms with Crippen LogP contribution in [0.1, 0.15) is 25.3 Å². The highest BCUT2D eigenvalue weighted by molar-refractivity contribution is 6.24. The van der Waals surface area contributed by atoms with Crippen LogP contribution in [-0.2, 0) is 0 Å². The zero-order chi connectivity index (χ0) is 18.8. The minimum absolute atomic E-state index is 0.419. The lowest BCUT2D eigenvalue weighted by Gasteiger charge is -2.12. The van der Waals surface area contributed by atoms with Crippen molar-refractivity contribution in [2.45, 2.75) is 19.8 Å². The van der Waals surface area contributed by atoms with Gasteiger partial charge in [-0.05, 0) is 41.8 Å². The summed E-state index contributed by atoms with van der Waals surface area (Å²) >= 11 is 0. The van der Waals surface area contributed by atoms with Crippen molar-refractivity contribution in [2.24, 2.45) is 0 Å². The van der Waals surface area contributed by atoms with Crippen molar-refractivity contribution in [1.82, 2.24) is 9.38 Å². The summed E-state index contributed by atoms with van der Waals surface area (Å²) in [5, 5.41) is 5.30. The van der Waals surface area contributed by atoms with E-state index in [2.05, 4.69) is 90.0 Å². The predicted octanol–water partition coefficient (Wildman–Crippen LogP) is 7.02. The highest BCUT2D eigenvalue weighted by Crippen LogP contribution is 2.42. The molecule has 0 aliphatic heterocycles. The van der Waals surface area contributed by atoms with E-state index in [1.807, 2.05) is 12.3 Å². The van der Waals surface area contributed by atoms with Crippen LogP contribution in [0.3, 0.4) is 0 Å². The van der Waals surface area contributed by atoms with Gasteiger partial charge in [0.25, 0.3) is 0 Å². The van der Waals surface area contributed by atoms with Crippen molar-refractivity contribution in [3.63, 3.8) is 0 Å². The van der Waals surface area contributed by atoms with E-state index in [9.17, 15) is 0 Å². The molecule has 0 saturated carbocycles. The van der Waals surface area contributed by atoms with Gasteiger partial charge in [0, 0.05) is 33.3 Å². The molecule has 0 saturated heterocycles. The largest absolute Gasteiger partial charge is 0.308 e. The van der Waals surface area contributed by atoms with Gasteiger partial charge >= 0.3 is 0 Å². The molecular weight excluding hydrogens is 340 g/mol. The first-order valence-corrected chi connectivity index (χ1v) is 9.86. The minimum Gasteiger partial charge on any atom is -0.308 e. The van der Waals surface area contributed by atoms with Crippen LogP contribution >= 0.6 is 0 Å². The van der Waals surface area contributed by atoms with Crippen LogP contribution in [0.5, 0.6) is 0 Å². The van der Waals surface area contributed by atoms with Gasteiger partial charge in [-0.25, -0.2) is 0 Å². The number of hydrogen-bond acceptors (Lipinski definition) is 1. The Kier molecular flexibility index (Phi) is 3.10. The number of hydrogen-bond donors (Lipinski definition) is 0. The molecule has 3 aromatic heterocycles. The number of benzene rings is 3. The van der Waals surface area contributed by atoms with Crippen LogP contribution in [0.2, 0.25) is 0 Å². The number of aromatic nitrogens is 2. The van der Waals surface area contributed by atoms with Crippen molar-refractivity contribution in [3.05, 3.63) is 84.6 Å². The summed E-state index contributed by atoms with van der Waals surface area (Å²) in [4.78, 5) is 4.60. The van der Waals surface area contributed by atoms with Gasteiger partial charge in [0.05, 0.1) is 22.2 Å². The minimum atomic E-state index is 0.419. The molecular formula is C26H20N2. The summed E-state index contributed by atoms with van der Waals surface area (Å²) < 4.78 is 2.48. The fourth-order valence-corrected chi connectivity index (χ4v) is 4.70. The third-order valence-electron chi connectivity index (χ3n) is 5.93. The van der Waals surface area contributed by atoms with E-state index in [-0.39, 0.29) is 0 Å². The second-order valence-corrected chi connectivity index (χ2v) is 7.89. The summed E-state index contributed by atoms with van der Waals surface area (Å²) in [6.07, 6.45) is 1.87. The van der Waals surface area contributed by atoms with E-state index in [4.69, 9.17) is 0 Å². The van der Waals surface area contributed by atoms with Crippen molar-refractivity contribution >= 4 is 38.1 Å². The third-order valence-corrected chi connectivity index (χ3v) is 5.93. The van der Waals surface area contributed by atoms with Crippen LogP contribution in [0.4, 0.5) is 0 Å². The average molecular weight is 360 g/mol. The third kappa shape index (κ3) is 1.95. The average Bonchev–Trinajstić information content (AvgIpc) is 3.25. The summed E-state index contributed by atoms with van der Waals surface area (Å²) in [6, 6.07) is 26.2. The molecule has 28 heavy (non-hydrogen) atoms. The molecule has 0 unspecified atom stereocenters. The lowest BCUT2D eigenvalue weighted by atomic mass is 9.95. The van der Waals surface area contributed by atoms with E-state index in [0.29, 0.717) is 5.92 Å². The summed E-state index contributed by atoms with van der Waals surface area (Å²) in [6.45, 7) is 4.56. The number of pyridine rings is 1. The van der Waals surface area contributed by atoms with Gasteiger partial charge in [0.2, 0.25) is 0 Å². The Morgan fingerprint density at radius 1 is 0.714 bits per heavy atom. The zero-order valence-electron chi connectivity index (χ0n) is 16.0. The fraction of sp³-hybridized carbons (Fsp3) is 0.115. The Balaban J connectivity index is 1.88. The molecule has 0 aliphatic carbocycles. The molecule has 2 heteroatoms. The van der Waals surface area contributed by atoms with Gasteiger partial charge < -0.3 is 4.40 Å². The van der Waals surface area contributed by atoms with Crippen molar-refractivity contribution < 1.29 is 0 Å². The maximum atomic E-state index is 4.60. The first-order chi connectivity index (χ1) is 13.7. The van der Waals surface area contributed by atoms with Crippen LogP contribution < -0.4 is 0 Å². The Morgan fingerprint density at radius 3 is 2.25 bits per heavy atom. The van der Waals surface area contributed by atoms with E-state index >= 15 is 0 Å². The van der Waals surface area contributed by atoms with Crippen molar-refractivity contribution in [1.29, 1.82) is 0 Å². The number of fused-ring (bicyclic) bond motifs is 6. The van der Waals surface area contributed by atoms with Crippen molar-refractivity contribution in [2.75, 3.05) is 0 Å². The van der Waals surface area contributed by atoms with Crippen LogP contribution in [0.25, 0.3) is 49.4 Å². The van der Waals surface area contributed by atoms with E-state index in [0.717, 1.165) is 5.69 Å². The molecule has 0 aliphatic rings. The fourth-order valence-electron chi connectivity index (χ4n) is 4.70. The maximum absolute atomic E-state index is 4.60. The summed E-state index contributed by atoms with van der Waals surface area (Å²) in [5.41, 5.74) is 7.55. The topological polar surface area (TPSA) is 17.3 Å². The van der Waals surface area contributed by atoms with Crippen molar-refractivity contribution in [3.8, 4) is 11.3 Å². The number of rotatable bonds is 2. The molecule has 134 valence electrons. The standard InChI is InChI=1S/C26H20N2/c1-16(2)21-14-17(23-11-5-6-13-27-23)15-22-20-10-7-9-19-18-8-3-4-12-24(18)28(25(19)20)26(21)22/h3-16H,1-2H3. The zero-order valence-corrected chi connectivity index (χ0v) is 16.0. The molecule has 0 fully saturated rings. The molecule has 0 spiro atoms. The molecule has 3 aromatic carbocycles. The number of para-hydroxylation sites is 2. The second kappa shape index (κ2) is 5.56. The molecule has 6 aromatic rings. The highest BCUT2D eigenvalue weighted by atomic mass is 14.9. The Labute approximate surface area is 163 Å². The lowest BCUT2D eigenvalue weighted by molar-refractivity contribution is 0.872. The monoisotopic (exact) mass is 360 g/mol. The van der Waals surface area contributed by atoms with Crippen LogP contribution in [-0.4, -0.2) is 9.38 Å². The van der Waals surface area contributed by atoms with E-state index < -0.39 is 0 Å². The van der Waals surface area contributed by atoms with Gasteiger partial charge in [-0.15, -0.1) is 0 Å². The quantitative estimate of drug-likeness (QED) is 0.324. The van der Waals surface area contributed by atoms with Gasteiger partial charge in [0.15, 0.2) is 0 Å². The molecule has 0 N–H and O–H groups in total. The maximum Gasteiger partial charge on any atom is 0.0702 e. The Hall–Kier alpha value is -3.39. The summed E-state index contributed by atoms with van der Waals surface area (Å²) in [7, 11) is 0. The van der Waals surface area contributed by atoms with Gasteiger partial charge in [-0.3, -0.25) is 4.98 Å². The van der Waals surface area contributed by atoms with Crippen LogP contribution in [0.15, 0.2) is 79.0 Å². The van der Waals surface area contributed by atoms with Gasteiger partial charge in [-0.2, -0.15) is 0 Å². The molecule has 2 nitrogen and oxygen atoms in total. The first kappa shape index (κ1) is 15.6. The van der Waals surface area contributed by atoms with Gasteiger partial charge in [0.1, 0.15) is 0 Å². The van der Waals surface area contributed by atoms with Gasteiger partial charge in [-0.1, -0.05) is 56.3 Å². The van der Waals surface area contributed by atoms with E-state index in [1.165, 1.54) is 49.2 Å². The normalized spacial score (nSPS) is 12.2. The molecule has 0 amide bonds. The predicted molar refractivity (Wildman–Crippen MR) is 118 cm³/mol. The Morgan fingerprint density at radius 2 is 1.46 bits per heavy atom. The lowest BCUT2D eigenvalue weighted by Crippen LogP contribution is -1.94. The SMILES string of the molecule is CC(C)c1cc(-c2ccccn2)cc2c3cccc4c5ccccc5n(c12)c43. The van der Waals surface area contributed by atoms with Crippen LogP contribution in [0, 0.1) is 0 Å². The Bertz CT molecular complexity index is 1470. The summed E-state index contributed by atoms with van der Waals surface area (Å²) in [5.74, 6) is 0.419. The molecule has 6 rings (SSSR count). The molecule has 3 heterocycles. The molecule has 0 bridgehead atoms.